The quantitative estimate of drug-likeness (QED) is 0.204. The van der Waals surface area contributed by atoms with Crippen molar-refractivity contribution in [2.45, 2.75) is 30.2 Å². The summed E-state index contributed by atoms with van der Waals surface area (Å²) in [5.74, 6) is 0.180. The third-order valence-electron chi connectivity index (χ3n) is 7.48. The highest BCUT2D eigenvalue weighted by Crippen LogP contribution is 2.38. The molecule has 5 rings (SSSR count). The molecule has 10 nitrogen and oxygen atoms in total. The Labute approximate surface area is 245 Å². The summed E-state index contributed by atoms with van der Waals surface area (Å²) in [5.41, 5.74) is 0.714. The van der Waals surface area contributed by atoms with Crippen LogP contribution in [-0.2, 0) is 16.0 Å². The van der Waals surface area contributed by atoms with Gasteiger partial charge in [0.05, 0.1) is 32.5 Å². The predicted molar refractivity (Wildman–Crippen MR) is 154 cm³/mol. The number of piperazine rings is 1. The largest absolute Gasteiger partial charge is 0.416 e. The number of anilines is 2. The summed E-state index contributed by atoms with van der Waals surface area (Å²) in [6.45, 7) is 4.29. The van der Waals surface area contributed by atoms with E-state index in [2.05, 4.69) is 9.97 Å². The molecule has 1 unspecified atom stereocenters. The normalized spacial score (nSPS) is 14.9. The summed E-state index contributed by atoms with van der Waals surface area (Å²) in [6, 6.07) is 15.8. The second kappa shape index (κ2) is 11.1. The molecule has 1 atom stereocenters. The first-order chi connectivity index (χ1) is 20.3. The predicted octanol–water partition coefficient (Wildman–Crippen LogP) is 5.54. The average Bonchev–Trinajstić information content (AvgIpc) is 2.97. The number of hydrogen-bond acceptors (Lipinski definition) is 9. The molecular formula is C29H25F3N6O4S. The van der Waals surface area contributed by atoms with Crippen LogP contribution in [0.4, 0.5) is 30.4 Å². The van der Waals surface area contributed by atoms with Crippen LogP contribution < -0.4 is 9.80 Å². The van der Waals surface area contributed by atoms with Gasteiger partial charge in [0.2, 0.25) is 9.84 Å². The van der Waals surface area contributed by atoms with Crippen molar-refractivity contribution in [1.82, 2.24) is 9.97 Å². The van der Waals surface area contributed by atoms with E-state index in [0.717, 1.165) is 23.3 Å². The van der Waals surface area contributed by atoms with Crippen molar-refractivity contribution in [3.8, 4) is 6.07 Å². The van der Waals surface area contributed by atoms with Crippen LogP contribution in [0.15, 0.2) is 65.6 Å². The van der Waals surface area contributed by atoms with Gasteiger partial charge in [-0.25, -0.2) is 18.4 Å². The molecule has 0 aliphatic carbocycles. The number of nitriles is 1. The van der Waals surface area contributed by atoms with E-state index in [1.54, 1.807) is 47.1 Å². The number of aryl methyl sites for hydroxylation is 2. The zero-order valence-corrected chi connectivity index (χ0v) is 23.9. The lowest BCUT2D eigenvalue weighted by Crippen LogP contribution is -2.47. The van der Waals surface area contributed by atoms with Crippen molar-refractivity contribution >= 4 is 38.1 Å². The molecule has 0 radical (unpaired) electrons. The van der Waals surface area contributed by atoms with Crippen LogP contribution in [0.3, 0.4) is 0 Å². The molecule has 1 aromatic heterocycles. The maximum Gasteiger partial charge on any atom is 0.416 e. The molecule has 43 heavy (non-hydrogen) atoms. The summed E-state index contributed by atoms with van der Waals surface area (Å²) in [4.78, 5) is 23.4. The molecule has 0 spiro atoms. The lowest BCUT2D eigenvalue weighted by atomic mass is 10.1. The Morgan fingerprint density at radius 2 is 1.56 bits per heavy atom. The van der Waals surface area contributed by atoms with Crippen molar-refractivity contribution in [2.24, 2.45) is 0 Å². The van der Waals surface area contributed by atoms with E-state index in [0.29, 0.717) is 17.1 Å². The van der Waals surface area contributed by atoms with Crippen molar-refractivity contribution in [3.05, 3.63) is 93.2 Å². The van der Waals surface area contributed by atoms with Crippen LogP contribution in [0, 0.1) is 35.3 Å². The minimum atomic E-state index is -4.73. The highest BCUT2D eigenvalue weighted by atomic mass is 32.2. The van der Waals surface area contributed by atoms with Crippen LogP contribution in [-0.4, -0.2) is 49.5 Å². The number of benzene rings is 3. The summed E-state index contributed by atoms with van der Waals surface area (Å²) >= 11 is 0. The van der Waals surface area contributed by atoms with Crippen LogP contribution in [0.2, 0.25) is 0 Å². The Hall–Kier alpha value is -4.77. The molecule has 2 heterocycles. The number of sulfone groups is 1. The van der Waals surface area contributed by atoms with Crippen molar-refractivity contribution in [2.75, 3.05) is 36.0 Å². The van der Waals surface area contributed by atoms with E-state index in [4.69, 9.17) is 0 Å². The Morgan fingerprint density at radius 1 is 0.930 bits per heavy atom. The number of nitrogens with zero attached hydrogens (tertiary/aromatic N) is 6. The number of rotatable bonds is 6. The first-order valence-electron chi connectivity index (χ1n) is 13.1. The molecule has 1 fully saturated rings. The van der Waals surface area contributed by atoms with Crippen LogP contribution in [0.25, 0.3) is 11.0 Å². The number of halogens is 3. The van der Waals surface area contributed by atoms with Gasteiger partial charge < -0.3 is 9.80 Å². The van der Waals surface area contributed by atoms with Gasteiger partial charge in [-0.15, -0.1) is 0 Å². The number of aromatic nitrogens is 2. The molecule has 3 aromatic carbocycles. The standard InChI is InChI=1S/C29H25F3N6O4S/c1-18-7-9-21(15-19(18)2)43(41,42)26(17-33)27-28(35-23-6-4-3-5-22(23)34-27)37-13-11-36(12-14-37)24-10-8-20(29(30,31)32)16-25(24)38(39)40/h3-10,15-16,26H,11-14H2,1-2H3. The van der Waals surface area contributed by atoms with Gasteiger partial charge in [-0.05, 0) is 61.4 Å². The van der Waals surface area contributed by atoms with Crippen LogP contribution >= 0.6 is 0 Å². The Morgan fingerprint density at radius 3 is 2.14 bits per heavy atom. The minimum Gasteiger partial charge on any atom is -0.362 e. The first-order valence-corrected chi connectivity index (χ1v) is 14.7. The highest BCUT2D eigenvalue weighted by molar-refractivity contribution is 7.92. The number of nitro groups is 1. The molecular weight excluding hydrogens is 585 g/mol. The monoisotopic (exact) mass is 610 g/mol. The molecule has 1 saturated heterocycles. The molecule has 0 bridgehead atoms. The first kappa shape index (κ1) is 29.7. The van der Waals surface area contributed by atoms with Crippen molar-refractivity contribution < 1.29 is 26.5 Å². The molecule has 1 aliphatic rings. The van der Waals surface area contributed by atoms with Crippen molar-refractivity contribution in [3.63, 3.8) is 0 Å². The lowest BCUT2D eigenvalue weighted by Gasteiger charge is -2.37. The number of para-hydroxylation sites is 2. The third kappa shape index (κ3) is 5.68. The number of fused-ring (bicyclic) bond motifs is 1. The highest BCUT2D eigenvalue weighted by Gasteiger charge is 2.37. The molecule has 4 aromatic rings. The summed E-state index contributed by atoms with van der Waals surface area (Å²) in [6.07, 6.45) is -4.73. The van der Waals surface area contributed by atoms with E-state index < -0.39 is 37.4 Å². The number of alkyl halides is 3. The van der Waals surface area contributed by atoms with Gasteiger partial charge in [-0.1, -0.05) is 18.2 Å². The zero-order chi connectivity index (χ0) is 31.1. The molecule has 1 aliphatic heterocycles. The Bertz CT molecular complexity index is 1880. The summed E-state index contributed by atoms with van der Waals surface area (Å²) < 4.78 is 67.1. The summed E-state index contributed by atoms with van der Waals surface area (Å²) in [5, 5.41) is 20.1. The van der Waals surface area contributed by atoms with E-state index in [1.165, 1.54) is 12.1 Å². The van der Waals surface area contributed by atoms with Crippen LogP contribution in [0.5, 0.6) is 0 Å². The molecule has 0 N–H and O–H groups in total. The second-order valence-corrected chi connectivity index (χ2v) is 12.2. The van der Waals surface area contributed by atoms with Gasteiger partial charge >= 0.3 is 6.18 Å². The third-order valence-corrected chi connectivity index (χ3v) is 9.34. The summed E-state index contributed by atoms with van der Waals surface area (Å²) in [7, 11) is -4.23. The van der Waals surface area contributed by atoms with Gasteiger partial charge in [0.1, 0.15) is 11.4 Å². The SMILES string of the molecule is Cc1ccc(S(=O)(=O)C(C#N)c2nc3ccccc3nc2N2CCN(c3ccc(C(F)(F)F)cc3[N+](=O)[O-])CC2)cc1C. The van der Waals surface area contributed by atoms with Gasteiger partial charge in [0.25, 0.3) is 5.69 Å². The van der Waals surface area contributed by atoms with Gasteiger partial charge in [0, 0.05) is 32.2 Å². The number of nitro benzene ring substituents is 1. The van der Waals surface area contributed by atoms with Gasteiger partial charge in [-0.3, -0.25) is 10.1 Å². The zero-order valence-electron chi connectivity index (χ0n) is 23.0. The fourth-order valence-electron chi connectivity index (χ4n) is 4.99. The fourth-order valence-corrected chi connectivity index (χ4v) is 6.45. The maximum atomic E-state index is 13.8. The molecule has 14 heteroatoms. The Kier molecular flexibility index (Phi) is 7.70. The minimum absolute atomic E-state index is 0.0255. The van der Waals surface area contributed by atoms with E-state index >= 15 is 0 Å². The van der Waals surface area contributed by atoms with E-state index in [9.17, 15) is 37.0 Å². The van der Waals surface area contributed by atoms with Crippen molar-refractivity contribution in [1.29, 1.82) is 5.26 Å². The van der Waals surface area contributed by atoms with Crippen LogP contribution in [0.1, 0.15) is 27.6 Å². The van der Waals surface area contributed by atoms with Gasteiger partial charge in [-0.2, -0.15) is 18.4 Å². The van der Waals surface area contributed by atoms with Gasteiger partial charge in [0.15, 0.2) is 11.1 Å². The molecule has 222 valence electrons. The fraction of sp³-hybridized carbons (Fsp3) is 0.276. The molecule has 0 saturated carbocycles. The lowest BCUT2D eigenvalue weighted by molar-refractivity contribution is -0.384. The Balaban J connectivity index is 1.52. The smallest absolute Gasteiger partial charge is 0.362 e. The molecule has 0 amide bonds. The number of hydrogen-bond donors (Lipinski definition) is 0. The average molecular weight is 611 g/mol. The topological polar surface area (TPSA) is 133 Å². The maximum absolute atomic E-state index is 13.8. The second-order valence-electron chi connectivity index (χ2n) is 10.2. The van der Waals surface area contributed by atoms with E-state index in [1.807, 2.05) is 13.0 Å². The van der Waals surface area contributed by atoms with E-state index in [-0.39, 0.29) is 48.3 Å².